The van der Waals surface area contributed by atoms with Crippen LogP contribution in [-0.4, -0.2) is 50.4 Å². The van der Waals surface area contributed by atoms with E-state index in [-0.39, 0.29) is 11.2 Å². The zero-order chi connectivity index (χ0) is 11.0. The van der Waals surface area contributed by atoms with Crippen molar-refractivity contribution in [2.45, 2.75) is 11.7 Å². The Morgan fingerprint density at radius 1 is 1.36 bits per heavy atom. The van der Waals surface area contributed by atoms with Crippen LogP contribution in [-0.2, 0) is 19.9 Å². The van der Waals surface area contributed by atoms with Crippen LogP contribution in [0.15, 0.2) is 0 Å². The minimum absolute atomic E-state index is 0.0900. The molecule has 1 aliphatic heterocycles. The van der Waals surface area contributed by atoms with E-state index in [1.807, 2.05) is 0 Å². The lowest BCUT2D eigenvalue weighted by Gasteiger charge is -2.13. The van der Waals surface area contributed by atoms with Crippen molar-refractivity contribution in [1.82, 2.24) is 4.31 Å². The summed E-state index contributed by atoms with van der Waals surface area (Å²) in [7, 11) is -6.43. The molecule has 84 valence electrons. The molecule has 8 heteroatoms. The van der Waals surface area contributed by atoms with Crippen molar-refractivity contribution in [3.05, 3.63) is 0 Å². The van der Waals surface area contributed by atoms with Gasteiger partial charge in [-0.15, -0.1) is 0 Å². The Labute approximate surface area is 92.6 Å². The van der Waals surface area contributed by atoms with Crippen LogP contribution in [0, 0.1) is 0 Å². The maximum absolute atomic E-state index is 11.4. The Balaban J connectivity index is 2.77. The van der Waals surface area contributed by atoms with Gasteiger partial charge in [0.25, 0.3) is 0 Å². The van der Waals surface area contributed by atoms with Crippen molar-refractivity contribution in [2.24, 2.45) is 0 Å². The molecule has 0 aromatic heterocycles. The molecule has 5 nitrogen and oxygen atoms in total. The second-order valence-corrected chi connectivity index (χ2v) is 8.92. The molecule has 0 N–H and O–H groups in total. The lowest BCUT2D eigenvalue weighted by molar-refractivity contribution is 0.481. The summed E-state index contributed by atoms with van der Waals surface area (Å²) in [5, 5.41) is -0.545. The van der Waals surface area contributed by atoms with Crippen LogP contribution in [0.3, 0.4) is 0 Å². The molecule has 0 radical (unpaired) electrons. The number of sulfone groups is 1. The lowest BCUT2D eigenvalue weighted by atomic mass is 10.4. The molecule has 1 rings (SSSR count). The number of sulfonamides is 1. The van der Waals surface area contributed by atoms with Gasteiger partial charge in [-0.3, -0.25) is 0 Å². The standard InChI is InChI=1S/C6H12BrNO4S2/c1-13(9,10)6-2-3-8(4-6)14(11,12)5-7/h6H,2-5H2,1H3. The Kier molecular flexibility index (Phi) is 3.61. The fourth-order valence-electron chi connectivity index (χ4n) is 1.37. The summed E-state index contributed by atoms with van der Waals surface area (Å²) in [5.74, 6) is 0. The van der Waals surface area contributed by atoms with Crippen molar-refractivity contribution >= 4 is 35.8 Å². The normalized spacial score (nSPS) is 25.4. The van der Waals surface area contributed by atoms with E-state index in [1.165, 1.54) is 4.31 Å². The Hall–Kier alpha value is 0.340. The predicted molar refractivity (Wildman–Crippen MR) is 57.5 cm³/mol. The first-order valence-electron chi connectivity index (χ1n) is 4.00. The van der Waals surface area contributed by atoms with Gasteiger partial charge in [-0.05, 0) is 6.42 Å². The molecule has 0 aromatic rings. The maximum Gasteiger partial charge on any atom is 0.224 e. The van der Waals surface area contributed by atoms with Crippen LogP contribution in [0.1, 0.15) is 6.42 Å². The van der Waals surface area contributed by atoms with Crippen molar-refractivity contribution in [3.8, 4) is 0 Å². The third kappa shape index (κ3) is 2.68. The quantitative estimate of drug-likeness (QED) is 0.676. The van der Waals surface area contributed by atoms with Crippen molar-refractivity contribution in [2.75, 3.05) is 24.0 Å². The molecule has 1 unspecified atom stereocenters. The molecule has 0 bridgehead atoms. The van der Waals surface area contributed by atoms with Crippen LogP contribution in [0.4, 0.5) is 0 Å². The number of nitrogens with zero attached hydrogens (tertiary/aromatic N) is 1. The van der Waals surface area contributed by atoms with Crippen LogP contribution in [0.5, 0.6) is 0 Å². The zero-order valence-corrected chi connectivity index (χ0v) is 10.9. The second-order valence-electron chi connectivity index (χ2n) is 3.32. The van der Waals surface area contributed by atoms with E-state index in [2.05, 4.69) is 15.9 Å². The summed E-state index contributed by atoms with van der Waals surface area (Å²) in [6.45, 7) is 0.387. The topological polar surface area (TPSA) is 71.5 Å². The molecule has 1 aliphatic rings. The molecule has 1 atom stereocenters. The molecule has 1 heterocycles. The average Bonchev–Trinajstić information content (AvgIpc) is 2.51. The minimum Gasteiger partial charge on any atom is -0.229 e. The van der Waals surface area contributed by atoms with Gasteiger partial charge in [0.1, 0.15) is 4.66 Å². The zero-order valence-electron chi connectivity index (χ0n) is 7.68. The van der Waals surface area contributed by atoms with Gasteiger partial charge in [0.15, 0.2) is 9.84 Å². The van der Waals surface area contributed by atoms with Gasteiger partial charge in [0.05, 0.1) is 5.25 Å². The first kappa shape index (κ1) is 12.4. The Morgan fingerprint density at radius 2 is 1.93 bits per heavy atom. The van der Waals surface area contributed by atoms with Gasteiger partial charge in [-0.2, -0.15) is 4.31 Å². The van der Waals surface area contributed by atoms with E-state index in [0.29, 0.717) is 13.0 Å². The number of hydrogen-bond acceptors (Lipinski definition) is 4. The lowest BCUT2D eigenvalue weighted by Crippen LogP contribution is -2.32. The average molecular weight is 306 g/mol. The SMILES string of the molecule is CS(=O)(=O)C1CCN(S(=O)(=O)CBr)C1. The summed E-state index contributed by atoms with van der Waals surface area (Å²) >= 11 is 2.87. The third-order valence-electron chi connectivity index (χ3n) is 2.24. The molecule has 0 saturated carbocycles. The predicted octanol–water partition coefficient (Wildman–Crippen LogP) is -0.212. The molecule has 1 fully saturated rings. The number of rotatable bonds is 3. The van der Waals surface area contributed by atoms with Gasteiger partial charge in [0, 0.05) is 19.3 Å². The number of halogens is 1. The molecule has 0 aliphatic carbocycles. The molecule has 0 aromatic carbocycles. The van der Waals surface area contributed by atoms with Gasteiger partial charge < -0.3 is 0 Å². The summed E-state index contributed by atoms with van der Waals surface area (Å²) < 4.78 is 46.1. The molecule has 0 amide bonds. The van der Waals surface area contributed by atoms with Crippen LogP contribution >= 0.6 is 15.9 Å². The monoisotopic (exact) mass is 305 g/mol. The van der Waals surface area contributed by atoms with E-state index < -0.39 is 25.1 Å². The van der Waals surface area contributed by atoms with Gasteiger partial charge in [0.2, 0.25) is 10.0 Å². The summed E-state index contributed by atoms with van der Waals surface area (Å²) in [5.41, 5.74) is 0. The molecule has 14 heavy (non-hydrogen) atoms. The van der Waals surface area contributed by atoms with Crippen molar-refractivity contribution in [1.29, 1.82) is 0 Å². The Bertz CT molecular complexity index is 402. The van der Waals surface area contributed by atoms with Gasteiger partial charge in [-0.1, -0.05) is 15.9 Å². The van der Waals surface area contributed by atoms with Crippen LogP contribution < -0.4 is 0 Å². The largest absolute Gasteiger partial charge is 0.229 e. The van der Waals surface area contributed by atoms with E-state index >= 15 is 0 Å². The van der Waals surface area contributed by atoms with Crippen molar-refractivity contribution in [3.63, 3.8) is 0 Å². The van der Waals surface area contributed by atoms with Crippen LogP contribution in [0.2, 0.25) is 0 Å². The van der Waals surface area contributed by atoms with E-state index in [9.17, 15) is 16.8 Å². The molecule has 1 saturated heterocycles. The second kappa shape index (κ2) is 4.07. The number of hydrogen-bond donors (Lipinski definition) is 0. The van der Waals surface area contributed by atoms with Crippen molar-refractivity contribution < 1.29 is 16.8 Å². The first-order valence-corrected chi connectivity index (χ1v) is 8.68. The highest BCUT2D eigenvalue weighted by Crippen LogP contribution is 2.20. The van der Waals surface area contributed by atoms with E-state index in [0.717, 1.165) is 6.26 Å². The highest BCUT2D eigenvalue weighted by molar-refractivity contribution is 9.10. The van der Waals surface area contributed by atoms with E-state index in [1.54, 1.807) is 0 Å². The molecular formula is C6H12BrNO4S2. The highest BCUT2D eigenvalue weighted by Gasteiger charge is 2.35. The molecule has 0 spiro atoms. The fraction of sp³-hybridized carbons (Fsp3) is 1.00. The van der Waals surface area contributed by atoms with Gasteiger partial charge >= 0.3 is 0 Å². The number of alkyl halides is 1. The summed E-state index contributed by atoms with van der Waals surface area (Å²) in [6, 6.07) is 0. The Morgan fingerprint density at radius 3 is 2.29 bits per heavy atom. The highest BCUT2D eigenvalue weighted by atomic mass is 79.9. The first-order chi connectivity index (χ1) is 6.27. The smallest absolute Gasteiger partial charge is 0.224 e. The van der Waals surface area contributed by atoms with Gasteiger partial charge in [-0.25, -0.2) is 16.8 Å². The summed E-state index contributed by atoms with van der Waals surface area (Å²) in [6.07, 6.45) is 1.53. The fourth-order valence-corrected chi connectivity index (χ4v) is 4.24. The maximum atomic E-state index is 11.4. The minimum atomic E-state index is -3.31. The third-order valence-corrected chi connectivity index (χ3v) is 6.97. The summed E-state index contributed by atoms with van der Waals surface area (Å²) in [4.78, 5) is 0. The van der Waals surface area contributed by atoms with E-state index in [4.69, 9.17) is 0 Å². The molecular weight excluding hydrogens is 294 g/mol. The van der Waals surface area contributed by atoms with Crippen LogP contribution in [0.25, 0.3) is 0 Å².